The molecule has 0 aliphatic rings. The molecule has 0 radical (unpaired) electrons. The van der Waals surface area contributed by atoms with Gasteiger partial charge in [0.25, 0.3) is 5.91 Å². The highest BCUT2D eigenvalue weighted by atomic mass is 35.5. The van der Waals surface area contributed by atoms with Crippen molar-refractivity contribution in [1.29, 1.82) is 0 Å². The molecule has 0 aliphatic heterocycles. The Hall–Kier alpha value is -2.40. The summed E-state index contributed by atoms with van der Waals surface area (Å²) in [5, 5.41) is 3.19. The lowest BCUT2D eigenvalue weighted by molar-refractivity contribution is -0.119. The number of carbonyl (C=O) groups is 2. The quantitative estimate of drug-likeness (QED) is 0.879. The normalized spacial score (nSPS) is 11.7. The molecule has 6 heteroatoms. The molecule has 108 valence electrons. The maximum Gasteiger partial charge on any atom is 0.270 e. The zero-order chi connectivity index (χ0) is 15.2. The number of hydrogen-bond donors (Lipinski definition) is 2. The highest BCUT2D eigenvalue weighted by molar-refractivity contribution is 6.30. The molecule has 2 amide bonds. The summed E-state index contributed by atoms with van der Waals surface area (Å²) in [4.78, 5) is 27.4. The first-order chi connectivity index (χ1) is 10.1. The summed E-state index contributed by atoms with van der Waals surface area (Å²) in [7, 11) is 0. The van der Waals surface area contributed by atoms with E-state index in [1.165, 1.54) is 6.20 Å². The molecule has 0 saturated heterocycles. The van der Waals surface area contributed by atoms with Gasteiger partial charge in [0.05, 0.1) is 0 Å². The average molecular weight is 304 g/mol. The van der Waals surface area contributed by atoms with Gasteiger partial charge in [0.1, 0.15) is 11.7 Å². The number of rotatable bonds is 5. The summed E-state index contributed by atoms with van der Waals surface area (Å²) >= 11 is 5.81. The second-order valence-corrected chi connectivity index (χ2v) is 4.91. The van der Waals surface area contributed by atoms with Crippen LogP contribution in [0.4, 0.5) is 0 Å². The number of nitrogens with one attached hydrogen (secondary N) is 1. The molecule has 1 aromatic carbocycles. The number of nitrogens with zero attached hydrogens (tertiary/aromatic N) is 1. The Bertz CT molecular complexity index is 629. The molecule has 0 unspecified atom stereocenters. The van der Waals surface area contributed by atoms with E-state index < -0.39 is 17.9 Å². The van der Waals surface area contributed by atoms with Gasteiger partial charge in [-0.1, -0.05) is 29.8 Å². The van der Waals surface area contributed by atoms with Crippen molar-refractivity contribution in [3.05, 3.63) is 64.9 Å². The van der Waals surface area contributed by atoms with Crippen molar-refractivity contribution in [2.45, 2.75) is 12.5 Å². The van der Waals surface area contributed by atoms with E-state index in [-0.39, 0.29) is 5.69 Å². The molecule has 3 N–H and O–H groups in total. The summed E-state index contributed by atoms with van der Waals surface area (Å²) in [6.45, 7) is 0. The SMILES string of the molecule is NC(=O)[C@@H](Cc1ccc(Cl)cc1)NC(=O)c1ccccn1. The summed E-state index contributed by atoms with van der Waals surface area (Å²) in [5.74, 6) is -1.04. The molecular weight excluding hydrogens is 290 g/mol. The Morgan fingerprint density at radius 2 is 1.90 bits per heavy atom. The molecular formula is C15H14ClN3O2. The summed E-state index contributed by atoms with van der Waals surface area (Å²) < 4.78 is 0. The second kappa shape index (κ2) is 6.85. The van der Waals surface area contributed by atoms with Crippen molar-refractivity contribution >= 4 is 23.4 Å². The number of halogens is 1. The van der Waals surface area contributed by atoms with E-state index in [2.05, 4.69) is 10.3 Å². The third-order valence-corrected chi connectivity index (χ3v) is 3.15. The largest absolute Gasteiger partial charge is 0.368 e. The first-order valence-corrected chi connectivity index (χ1v) is 6.69. The maximum atomic E-state index is 12.0. The van der Waals surface area contributed by atoms with Crippen molar-refractivity contribution in [2.75, 3.05) is 0 Å². The predicted molar refractivity (Wildman–Crippen MR) is 79.8 cm³/mol. The predicted octanol–water partition coefficient (Wildman–Crippen LogP) is 1.56. The monoisotopic (exact) mass is 303 g/mol. The van der Waals surface area contributed by atoms with Crippen LogP contribution in [0.1, 0.15) is 16.1 Å². The third kappa shape index (κ3) is 4.29. The van der Waals surface area contributed by atoms with E-state index >= 15 is 0 Å². The molecule has 2 rings (SSSR count). The molecule has 0 aliphatic carbocycles. The number of hydrogen-bond acceptors (Lipinski definition) is 3. The molecule has 0 fully saturated rings. The number of aromatic nitrogens is 1. The van der Waals surface area contributed by atoms with Crippen LogP contribution in [0.25, 0.3) is 0 Å². The molecule has 1 heterocycles. The molecule has 1 atom stereocenters. The number of benzene rings is 1. The van der Waals surface area contributed by atoms with Crippen LogP contribution in [0.5, 0.6) is 0 Å². The Labute approximate surface area is 127 Å². The number of primary amides is 1. The van der Waals surface area contributed by atoms with Crippen LogP contribution in [0, 0.1) is 0 Å². The van der Waals surface area contributed by atoms with Crippen molar-refractivity contribution in [3.8, 4) is 0 Å². The van der Waals surface area contributed by atoms with Crippen LogP contribution < -0.4 is 11.1 Å². The molecule has 0 spiro atoms. The fourth-order valence-electron chi connectivity index (χ4n) is 1.81. The Balaban J connectivity index is 2.07. The van der Waals surface area contributed by atoms with Gasteiger partial charge < -0.3 is 11.1 Å². The van der Waals surface area contributed by atoms with Crippen LogP contribution in [0.15, 0.2) is 48.7 Å². The van der Waals surface area contributed by atoms with Crippen molar-refractivity contribution < 1.29 is 9.59 Å². The van der Waals surface area contributed by atoms with Crippen molar-refractivity contribution in [1.82, 2.24) is 10.3 Å². The topological polar surface area (TPSA) is 85.1 Å². The first kappa shape index (κ1) is 15.0. The summed E-state index contributed by atoms with van der Waals surface area (Å²) in [5.41, 5.74) is 6.43. The van der Waals surface area contributed by atoms with Crippen LogP contribution in [0.2, 0.25) is 5.02 Å². The summed E-state index contributed by atoms with van der Waals surface area (Å²) in [6.07, 6.45) is 1.80. The lowest BCUT2D eigenvalue weighted by Gasteiger charge is -2.15. The van der Waals surface area contributed by atoms with Gasteiger partial charge in [-0.15, -0.1) is 0 Å². The Morgan fingerprint density at radius 1 is 1.19 bits per heavy atom. The van der Waals surface area contributed by atoms with Crippen molar-refractivity contribution in [2.24, 2.45) is 5.73 Å². The van der Waals surface area contributed by atoms with Crippen LogP contribution in [0.3, 0.4) is 0 Å². The van der Waals surface area contributed by atoms with Crippen LogP contribution in [-0.4, -0.2) is 22.8 Å². The molecule has 1 aromatic heterocycles. The van der Waals surface area contributed by atoms with Gasteiger partial charge in [0.2, 0.25) is 5.91 Å². The van der Waals surface area contributed by atoms with Gasteiger partial charge >= 0.3 is 0 Å². The standard InChI is InChI=1S/C15H14ClN3O2/c16-11-6-4-10(5-7-11)9-13(14(17)20)19-15(21)12-3-1-2-8-18-12/h1-8,13H,9H2,(H2,17,20)(H,19,21)/t13-/m1/s1. The van der Waals surface area contributed by atoms with E-state index in [1.807, 2.05) is 0 Å². The highest BCUT2D eigenvalue weighted by Crippen LogP contribution is 2.11. The Kier molecular flexibility index (Phi) is 4.90. The fraction of sp³-hybridized carbons (Fsp3) is 0.133. The van der Waals surface area contributed by atoms with Gasteiger partial charge in [-0.2, -0.15) is 0 Å². The second-order valence-electron chi connectivity index (χ2n) is 4.47. The lowest BCUT2D eigenvalue weighted by Crippen LogP contribution is -2.46. The number of pyridine rings is 1. The minimum absolute atomic E-state index is 0.236. The molecule has 21 heavy (non-hydrogen) atoms. The molecule has 2 aromatic rings. The van der Waals surface area contributed by atoms with Gasteiger partial charge in [0, 0.05) is 17.6 Å². The number of amides is 2. The fourth-order valence-corrected chi connectivity index (χ4v) is 1.93. The van der Waals surface area contributed by atoms with Gasteiger partial charge in [-0.05, 0) is 29.8 Å². The molecule has 5 nitrogen and oxygen atoms in total. The van der Waals surface area contributed by atoms with E-state index in [1.54, 1.807) is 42.5 Å². The molecule has 0 bridgehead atoms. The van der Waals surface area contributed by atoms with Crippen LogP contribution >= 0.6 is 11.6 Å². The van der Waals surface area contributed by atoms with Gasteiger partial charge in [-0.3, -0.25) is 14.6 Å². The van der Waals surface area contributed by atoms with E-state index in [9.17, 15) is 9.59 Å². The zero-order valence-electron chi connectivity index (χ0n) is 11.1. The van der Waals surface area contributed by atoms with E-state index in [0.717, 1.165) is 5.56 Å². The Morgan fingerprint density at radius 3 is 2.48 bits per heavy atom. The molecule has 0 saturated carbocycles. The van der Waals surface area contributed by atoms with Crippen LogP contribution in [-0.2, 0) is 11.2 Å². The van der Waals surface area contributed by atoms with Gasteiger partial charge in [-0.25, -0.2) is 0 Å². The minimum Gasteiger partial charge on any atom is -0.368 e. The minimum atomic E-state index is -0.805. The van der Waals surface area contributed by atoms with E-state index in [4.69, 9.17) is 17.3 Å². The third-order valence-electron chi connectivity index (χ3n) is 2.90. The zero-order valence-corrected chi connectivity index (χ0v) is 11.9. The van der Waals surface area contributed by atoms with Crippen molar-refractivity contribution in [3.63, 3.8) is 0 Å². The number of nitrogens with two attached hydrogens (primary N) is 1. The summed E-state index contributed by atoms with van der Waals surface area (Å²) in [6, 6.07) is 11.2. The number of carbonyl (C=O) groups excluding carboxylic acids is 2. The highest BCUT2D eigenvalue weighted by Gasteiger charge is 2.19. The lowest BCUT2D eigenvalue weighted by atomic mass is 10.1. The smallest absolute Gasteiger partial charge is 0.270 e. The maximum absolute atomic E-state index is 12.0. The van der Waals surface area contributed by atoms with Gasteiger partial charge in [0.15, 0.2) is 0 Å². The first-order valence-electron chi connectivity index (χ1n) is 6.32. The van der Waals surface area contributed by atoms with E-state index in [0.29, 0.717) is 11.4 Å². The average Bonchev–Trinajstić information content (AvgIpc) is 2.49.